The monoisotopic (exact) mass is 237 g/mol. The molecule has 3 unspecified atom stereocenters. The Hall–Kier alpha value is -0.870. The molecule has 0 aliphatic carbocycles. The molecule has 3 atom stereocenters. The summed E-state index contributed by atoms with van der Waals surface area (Å²) in [5.41, 5.74) is 2.40. The smallest absolute Gasteiger partial charge is 0.0641 e. The van der Waals surface area contributed by atoms with Crippen LogP contribution in [-0.4, -0.2) is 29.0 Å². The van der Waals surface area contributed by atoms with Crippen LogP contribution in [0.3, 0.4) is 0 Å². The van der Waals surface area contributed by atoms with E-state index in [9.17, 15) is 0 Å². The van der Waals surface area contributed by atoms with Crippen molar-refractivity contribution in [1.29, 1.82) is 0 Å². The minimum Gasteiger partial charge on any atom is -0.381 e. The molecule has 1 aliphatic rings. The van der Waals surface area contributed by atoms with Gasteiger partial charge in [0.1, 0.15) is 0 Å². The van der Waals surface area contributed by atoms with Gasteiger partial charge in [0.25, 0.3) is 0 Å². The zero-order valence-electron chi connectivity index (χ0n) is 11.2. The third kappa shape index (κ3) is 2.87. The Morgan fingerprint density at radius 3 is 2.82 bits per heavy atom. The van der Waals surface area contributed by atoms with Crippen LogP contribution in [0.2, 0.25) is 0 Å². The second-order valence-electron chi connectivity index (χ2n) is 5.14. The maximum Gasteiger partial charge on any atom is 0.0641 e. The molecule has 2 heterocycles. The van der Waals surface area contributed by atoms with Crippen LogP contribution in [0.1, 0.15) is 37.6 Å². The van der Waals surface area contributed by atoms with E-state index in [1.54, 1.807) is 0 Å². The molecular weight excluding hydrogens is 214 g/mol. The maximum absolute atomic E-state index is 5.44. The van der Waals surface area contributed by atoms with Crippen LogP contribution in [0, 0.1) is 12.8 Å². The number of hydrogen-bond donors (Lipinski definition) is 1. The lowest BCUT2D eigenvalue weighted by Gasteiger charge is -2.23. The summed E-state index contributed by atoms with van der Waals surface area (Å²) in [6.07, 6.45) is 3.28. The summed E-state index contributed by atoms with van der Waals surface area (Å²) in [6.45, 7) is 8.33. The summed E-state index contributed by atoms with van der Waals surface area (Å²) >= 11 is 0. The van der Waals surface area contributed by atoms with Crippen molar-refractivity contribution < 1.29 is 4.74 Å². The van der Waals surface area contributed by atoms with Gasteiger partial charge in [-0.3, -0.25) is 4.68 Å². The molecule has 0 spiro atoms. The SMILES string of the molecule is Cc1nn(C)cc1C(C)NC(C)C1CCOC1. The predicted octanol–water partition coefficient (Wildman–Crippen LogP) is 1.80. The highest BCUT2D eigenvalue weighted by Crippen LogP contribution is 2.21. The summed E-state index contributed by atoms with van der Waals surface area (Å²) in [6, 6.07) is 0.839. The first-order valence-corrected chi connectivity index (χ1v) is 6.42. The van der Waals surface area contributed by atoms with Gasteiger partial charge in [0, 0.05) is 37.5 Å². The van der Waals surface area contributed by atoms with Crippen molar-refractivity contribution in [3.63, 3.8) is 0 Å². The quantitative estimate of drug-likeness (QED) is 0.868. The van der Waals surface area contributed by atoms with Crippen molar-refractivity contribution in [2.45, 2.75) is 39.3 Å². The highest BCUT2D eigenvalue weighted by Gasteiger charge is 2.24. The summed E-state index contributed by atoms with van der Waals surface area (Å²) < 4.78 is 7.32. The molecule has 0 radical (unpaired) electrons. The Bertz CT molecular complexity index is 369. The molecule has 0 saturated carbocycles. The largest absolute Gasteiger partial charge is 0.381 e. The number of ether oxygens (including phenoxy) is 1. The predicted molar refractivity (Wildman–Crippen MR) is 67.9 cm³/mol. The lowest BCUT2D eigenvalue weighted by molar-refractivity contribution is 0.177. The van der Waals surface area contributed by atoms with Crippen LogP contribution in [0.5, 0.6) is 0 Å². The van der Waals surface area contributed by atoms with Crippen LogP contribution in [0.4, 0.5) is 0 Å². The van der Waals surface area contributed by atoms with E-state index in [-0.39, 0.29) is 0 Å². The molecule has 1 aromatic heterocycles. The summed E-state index contributed by atoms with van der Waals surface area (Å²) in [7, 11) is 1.97. The van der Waals surface area contributed by atoms with Crippen molar-refractivity contribution in [2.75, 3.05) is 13.2 Å². The number of nitrogens with zero attached hydrogens (tertiary/aromatic N) is 2. The third-order valence-corrected chi connectivity index (χ3v) is 3.70. The number of hydrogen-bond acceptors (Lipinski definition) is 3. The molecule has 1 aromatic rings. The van der Waals surface area contributed by atoms with Crippen LogP contribution < -0.4 is 5.32 Å². The van der Waals surface area contributed by atoms with Crippen molar-refractivity contribution in [2.24, 2.45) is 13.0 Å². The van der Waals surface area contributed by atoms with E-state index >= 15 is 0 Å². The second kappa shape index (κ2) is 5.19. The minimum absolute atomic E-state index is 0.347. The Balaban J connectivity index is 1.96. The van der Waals surface area contributed by atoms with Gasteiger partial charge in [-0.2, -0.15) is 5.10 Å². The van der Waals surface area contributed by atoms with Gasteiger partial charge in [-0.15, -0.1) is 0 Å². The first kappa shape index (κ1) is 12.6. The molecule has 1 saturated heterocycles. The van der Waals surface area contributed by atoms with E-state index in [1.165, 1.54) is 12.0 Å². The molecule has 96 valence electrons. The molecule has 2 rings (SSSR count). The van der Waals surface area contributed by atoms with Gasteiger partial charge in [0.05, 0.1) is 12.3 Å². The van der Waals surface area contributed by atoms with Crippen molar-refractivity contribution in [3.05, 3.63) is 17.5 Å². The van der Waals surface area contributed by atoms with Gasteiger partial charge in [-0.05, 0) is 33.1 Å². The highest BCUT2D eigenvalue weighted by molar-refractivity contribution is 5.19. The van der Waals surface area contributed by atoms with Crippen LogP contribution >= 0.6 is 0 Å². The Morgan fingerprint density at radius 2 is 2.29 bits per heavy atom. The fourth-order valence-electron chi connectivity index (χ4n) is 2.61. The van der Waals surface area contributed by atoms with E-state index in [1.807, 2.05) is 11.7 Å². The lowest BCUT2D eigenvalue weighted by atomic mass is 9.99. The zero-order valence-corrected chi connectivity index (χ0v) is 11.2. The van der Waals surface area contributed by atoms with Gasteiger partial charge in [0.15, 0.2) is 0 Å². The number of aryl methyl sites for hydroxylation is 2. The molecule has 0 aromatic carbocycles. The molecule has 1 N–H and O–H groups in total. The fourth-order valence-corrected chi connectivity index (χ4v) is 2.61. The average Bonchev–Trinajstić information content (AvgIpc) is 2.87. The van der Waals surface area contributed by atoms with Gasteiger partial charge < -0.3 is 10.1 Å². The van der Waals surface area contributed by atoms with E-state index < -0.39 is 0 Å². The summed E-state index contributed by atoms with van der Waals surface area (Å²) in [4.78, 5) is 0. The van der Waals surface area contributed by atoms with Crippen LogP contribution in [0.25, 0.3) is 0 Å². The molecule has 4 nitrogen and oxygen atoms in total. The van der Waals surface area contributed by atoms with E-state index in [0.29, 0.717) is 18.0 Å². The van der Waals surface area contributed by atoms with Gasteiger partial charge in [-0.25, -0.2) is 0 Å². The first-order chi connectivity index (χ1) is 8.08. The topological polar surface area (TPSA) is 39.1 Å². The van der Waals surface area contributed by atoms with Crippen LogP contribution in [0.15, 0.2) is 6.20 Å². The molecule has 4 heteroatoms. The standard InChI is InChI=1S/C13H23N3O/c1-9(12-5-6-17-8-12)14-10(2)13-7-16(4)15-11(13)3/h7,9-10,12,14H,5-6,8H2,1-4H3. The molecule has 1 aliphatic heterocycles. The van der Waals surface area contributed by atoms with Gasteiger partial charge in [0.2, 0.25) is 0 Å². The summed E-state index contributed by atoms with van der Waals surface area (Å²) in [5, 5.41) is 8.05. The van der Waals surface area contributed by atoms with Crippen molar-refractivity contribution >= 4 is 0 Å². The third-order valence-electron chi connectivity index (χ3n) is 3.70. The second-order valence-corrected chi connectivity index (χ2v) is 5.14. The van der Waals surface area contributed by atoms with Gasteiger partial charge in [-0.1, -0.05) is 0 Å². The lowest BCUT2D eigenvalue weighted by Crippen LogP contribution is -2.35. The normalized spacial score (nSPS) is 23.9. The zero-order chi connectivity index (χ0) is 12.4. The van der Waals surface area contributed by atoms with Crippen LogP contribution in [-0.2, 0) is 11.8 Å². The first-order valence-electron chi connectivity index (χ1n) is 6.42. The maximum atomic E-state index is 5.44. The van der Waals surface area contributed by atoms with Gasteiger partial charge >= 0.3 is 0 Å². The highest BCUT2D eigenvalue weighted by atomic mass is 16.5. The fraction of sp³-hybridized carbons (Fsp3) is 0.769. The molecule has 0 amide bonds. The molecule has 17 heavy (non-hydrogen) atoms. The number of rotatable bonds is 4. The van der Waals surface area contributed by atoms with Crippen molar-refractivity contribution in [1.82, 2.24) is 15.1 Å². The number of aromatic nitrogens is 2. The average molecular weight is 237 g/mol. The van der Waals surface area contributed by atoms with E-state index in [0.717, 1.165) is 18.9 Å². The molecule has 1 fully saturated rings. The van der Waals surface area contributed by atoms with Crippen molar-refractivity contribution in [3.8, 4) is 0 Å². The minimum atomic E-state index is 0.347. The molecule has 0 bridgehead atoms. The molecular formula is C13H23N3O. The number of nitrogens with one attached hydrogen (secondary N) is 1. The Labute approximate surface area is 103 Å². The Morgan fingerprint density at radius 1 is 1.53 bits per heavy atom. The Kier molecular flexibility index (Phi) is 3.84. The van der Waals surface area contributed by atoms with E-state index in [2.05, 4.69) is 37.4 Å². The van der Waals surface area contributed by atoms with E-state index in [4.69, 9.17) is 4.74 Å². The summed E-state index contributed by atoms with van der Waals surface area (Å²) in [5.74, 6) is 0.648.